The molecule has 0 aliphatic rings. The Morgan fingerprint density at radius 3 is 2.69 bits per heavy atom. The molecule has 0 aliphatic carbocycles. The van der Waals surface area contributed by atoms with Gasteiger partial charge in [0.2, 0.25) is 0 Å². The van der Waals surface area contributed by atoms with Gasteiger partial charge in [-0.05, 0) is 18.9 Å². The summed E-state index contributed by atoms with van der Waals surface area (Å²) >= 11 is 0. The number of allylic oxidation sites excluding steroid dienone is 1. The average Bonchev–Trinajstić information content (AvgIpc) is 2.16. The smallest absolute Gasteiger partial charge is 0.123 e. The summed E-state index contributed by atoms with van der Waals surface area (Å²) in [5.74, 6) is 0. The summed E-state index contributed by atoms with van der Waals surface area (Å²) in [7, 11) is 1.72. The van der Waals surface area contributed by atoms with Gasteiger partial charge in [-0.1, -0.05) is 25.8 Å². The van der Waals surface area contributed by atoms with Crippen LogP contribution in [0.4, 0.5) is 0 Å². The molecule has 13 heavy (non-hydrogen) atoms. The van der Waals surface area contributed by atoms with Gasteiger partial charge in [-0.2, -0.15) is 0 Å². The number of methoxy groups -OCH3 is 1. The van der Waals surface area contributed by atoms with E-state index >= 15 is 0 Å². The number of aldehydes is 1. The lowest BCUT2D eigenvalue weighted by Crippen LogP contribution is -2.11. The van der Waals surface area contributed by atoms with Crippen LogP contribution in [0.5, 0.6) is 0 Å². The maximum absolute atomic E-state index is 10.1. The van der Waals surface area contributed by atoms with Crippen LogP contribution in [0.25, 0.3) is 0 Å². The molecule has 0 rings (SSSR count). The SMILES string of the molecule is CCCCC(OC)C(C)=CCC=O. The van der Waals surface area contributed by atoms with Crippen LogP contribution in [0.2, 0.25) is 0 Å². The van der Waals surface area contributed by atoms with Crippen molar-refractivity contribution in [1.82, 2.24) is 0 Å². The molecule has 0 spiro atoms. The maximum Gasteiger partial charge on any atom is 0.123 e. The number of hydrogen-bond acceptors (Lipinski definition) is 2. The fourth-order valence-electron chi connectivity index (χ4n) is 1.29. The van der Waals surface area contributed by atoms with Crippen LogP contribution < -0.4 is 0 Å². The summed E-state index contributed by atoms with van der Waals surface area (Å²) in [6.45, 7) is 4.19. The molecular formula is C11H20O2. The summed E-state index contributed by atoms with van der Waals surface area (Å²) in [5, 5.41) is 0. The lowest BCUT2D eigenvalue weighted by atomic mass is 10.0. The van der Waals surface area contributed by atoms with Crippen molar-refractivity contribution < 1.29 is 9.53 Å². The number of rotatable bonds is 7. The van der Waals surface area contributed by atoms with Gasteiger partial charge in [0.25, 0.3) is 0 Å². The minimum Gasteiger partial charge on any atom is -0.377 e. The Balaban J connectivity index is 3.97. The number of carbonyl (C=O) groups excluding carboxylic acids is 1. The third-order valence-electron chi connectivity index (χ3n) is 2.15. The Morgan fingerprint density at radius 2 is 2.23 bits per heavy atom. The van der Waals surface area contributed by atoms with Crippen molar-refractivity contribution in [3.05, 3.63) is 11.6 Å². The standard InChI is InChI=1S/C11H20O2/c1-4-5-8-11(13-3)10(2)7-6-9-12/h7,9,11H,4-6,8H2,1-3H3. The molecule has 2 heteroatoms. The second-order valence-electron chi connectivity index (χ2n) is 3.22. The zero-order valence-electron chi connectivity index (χ0n) is 8.88. The summed E-state index contributed by atoms with van der Waals surface area (Å²) in [4.78, 5) is 10.1. The largest absolute Gasteiger partial charge is 0.377 e. The molecule has 0 aliphatic heterocycles. The monoisotopic (exact) mass is 184 g/mol. The van der Waals surface area contributed by atoms with Crippen LogP contribution in [-0.2, 0) is 9.53 Å². The fourth-order valence-corrected chi connectivity index (χ4v) is 1.29. The van der Waals surface area contributed by atoms with E-state index < -0.39 is 0 Å². The van der Waals surface area contributed by atoms with Crippen molar-refractivity contribution in [2.75, 3.05) is 7.11 Å². The van der Waals surface area contributed by atoms with Crippen LogP contribution in [-0.4, -0.2) is 19.5 Å². The fraction of sp³-hybridized carbons (Fsp3) is 0.727. The normalized spacial score (nSPS) is 14.2. The third kappa shape index (κ3) is 5.58. The third-order valence-corrected chi connectivity index (χ3v) is 2.15. The Hall–Kier alpha value is -0.630. The van der Waals surface area contributed by atoms with E-state index in [1.54, 1.807) is 7.11 Å². The molecule has 1 unspecified atom stereocenters. The van der Waals surface area contributed by atoms with E-state index in [-0.39, 0.29) is 6.10 Å². The highest BCUT2D eigenvalue weighted by atomic mass is 16.5. The zero-order valence-corrected chi connectivity index (χ0v) is 8.88. The van der Waals surface area contributed by atoms with Crippen molar-refractivity contribution in [3.8, 4) is 0 Å². The highest BCUT2D eigenvalue weighted by Crippen LogP contribution is 2.13. The first-order valence-electron chi connectivity index (χ1n) is 4.89. The number of unbranched alkanes of at least 4 members (excludes halogenated alkanes) is 1. The highest BCUT2D eigenvalue weighted by molar-refractivity contribution is 5.52. The van der Waals surface area contributed by atoms with Crippen LogP contribution in [0.3, 0.4) is 0 Å². The second-order valence-corrected chi connectivity index (χ2v) is 3.22. The van der Waals surface area contributed by atoms with Crippen LogP contribution in [0.1, 0.15) is 39.5 Å². The first kappa shape index (κ1) is 12.4. The van der Waals surface area contributed by atoms with Crippen LogP contribution in [0, 0.1) is 0 Å². The van der Waals surface area contributed by atoms with E-state index in [0.717, 1.165) is 12.7 Å². The summed E-state index contributed by atoms with van der Waals surface area (Å²) in [5.41, 5.74) is 1.17. The molecular weight excluding hydrogens is 164 g/mol. The predicted octanol–water partition coefficient (Wildman–Crippen LogP) is 2.73. The first-order chi connectivity index (χ1) is 6.26. The molecule has 0 N–H and O–H groups in total. The van der Waals surface area contributed by atoms with Gasteiger partial charge in [0.05, 0.1) is 6.10 Å². The zero-order chi connectivity index (χ0) is 10.1. The predicted molar refractivity (Wildman–Crippen MR) is 54.8 cm³/mol. The van der Waals surface area contributed by atoms with Crippen molar-refractivity contribution >= 4 is 6.29 Å². The van der Waals surface area contributed by atoms with Crippen molar-refractivity contribution in [2.45, 2.75) is 45.6 Å². The molecule has 0 radical (unpaired) electrons. The quantitative estimate of drug-likeness (QED) is 0.449. The van der Waals surface area contributed by atoms with Crippen molar-refractivity contribution in [3.63, 3.8) is 0 Å². The van der Waals surface area contributed by atoms with E-state index in [1.165, 1.54) is 18.4 Å². The average molecular weight is 184 g/mol. The lowest BCUT2D eigenvalue weighted by molar-refractivity contribution is -0.107. The minimum absolute atomic E-state index is 0.194. The number of ether oxygens (including phenoxy) is 1. The van der Waals surface area contributed by atoms with Gasteiger partial charge in [0.15, 0.2) is 0 Å². The van der Waals surface area contributed by atoms with E-state index in [0.29, 0.717) is 6.42 Å². The summed E-state index contributed by atoms with van der Waals surface area (Å²) < 4.78 is 5.33. The molecule has 0 bridgehead atoms. The summed E-state index contributed by atoms with van der Waals surface area (Å²) in [6, 6.07) is 0. The van der Waals surface area contributed by atoms with Crippen LogP contribution in [0.15, 0.2) is 11.6 Å². The molecule has 0 heterocycles. The van der Waals surface area contributed by atoms with E-state index in [2.05, 4.69) is 6.92 Å². The van der Waals surface area contributed by atoms with Crippen LogP contribution >= 0.6 is 0 Å². The van der Waals surface area contributed by atoms with Gasteiger partial charge in [0.1, 0.15) is 6.29 Å². The van der Waals surface area contributed by atoms with Gasteiger partial charge in [-0.3, -0.25) is 0 Å². The molecule has 0 aromatic heterocycles. The number of hydrogen-bond donors (Lipinski definition) is 0. The highest BCUT2D eigenvalue weighted by Gasteiger charge is 2.07. The molecule has 0 aromatic rings. The minimum atomic E-state index is 0.194. The topological polar surface area (TPSA) is 26.3 Å². The Kier molecular flexibility index (Phi) is 7.60. The molecule has 76 valence electrons. The molecule has 0 fully saturated rings. The molecule has 0 saturated heterocycles. The van der Waals surface area contributed by atoms with Crippen molar-refractivity contribution in [1.29, 1.82) is 0 Å². The van der Waals surface area contributed by atoms with Crippen molar-refractivity contribution in [2.24, 2.45) is 0 Å². The maximum atomic E-state index is 10.1. The van der Waals surface area contributed by atoms with E-state index in [4.69, 9.17) is 4.74 Å². The van der Waals surface area contributed by atoms with E-state index in [1.807, 2.05) is 13.0 Å². The van der Waals surface area contributed by atoms with Gasteiger partial charge in [-0.25, -0.2) is 0 Å². The van der Waals surface area contributed by atoms with E-state index in [9.17, 15) is 4.79 Å². The van der Waals surface area contributed by atoms with Gasteiger partial charge in [0, 0.05) is 13.5 Å². The molecule has 0 saturated carbocycles. The van der Waals surface area contributed by atoms with Gasteiger partial charge < -0.3 is 9.53 Å². The summed E-state index contributed by atoms with van der Waals surface area (Å²) in [6.07, 6.45) is 6.95. The Bertz CT molecular complexity index is 161. The Labute approximate surface area is 81.0 Å². The molecule has 2 nitrogen and oxygen atoms in total. The second kappa shape index (κ2) is 7.99. The van der Waals surface area contributed by atoms with Gasteiger partial charge in [-0.15, -0.1) is 0 Å². The number of carbonyl (C=O) groups is 1. The lowest BCUT2D eigenvalue weighted by Gasteiger charge is -2.15. The molecule has 1 atom stereocenters. The Morgan fingerprint density at radius 1 is 1.54 bits per heavy atom. The molecule has 0 aromatic carbocycles. The first-order valence-corrected chi connectivity index (χ1v) is 4.89. The molecule has 0 amide bonds. The van der Waals surface area contributed by atoms with Gasteiger partial charge >= 0.3 is 0 Å².